The van der Waals surface area contributed by atoms with E-state index in [4.69, 9.17) is 9.72 Å². The zero-order valence-electron chi connectivity index (χ0n) is 35.1. The topological polar surface area (TPSA) is 33.5 Å². The van der Waals surface area contributed by atoms with E-state index in [9.17, 15) is 0 Å². The Kier molecular flexibility index (Phi) is 9.63. The molecule has 1 aliphatic rings. The van der Waals surface area contributed by atoms with Crippen LogP contribution in [0, 0.1) is 0 Å². The van der Waals surface area contributed by atoms with Gasteiger partial charge in [-0.1, -0.05) is 133 Å². The van der Waals surface area contributed by atoms with E-state index in [1.807, 2.05) is 6.20 Å². The van der Waals surface area contributed by atoms with Gasteiger partial charge < -0.3 is 14.5 Å². The Bertz CT molecular complexity index is 2840. The highest BCUT2D eigenvalue weighted by Crippen LogP contribution is 2.40. The molecule has 0 saturated carbocycles. The smallest absolute Gasteiger partial charge is 0.137 e. The highest BCUT2D eigenvalue weighted by molar-refractivity contribution is 6.09. The predicted molar refractivity (Wildman–Crippen MR) is 247 cm³/mol. The van der Waals surface area contributed by atoms with Gasteiger partial charge in [0.1, 0.15) is 17.3 Å². The Morgan fingerprint density at radius 3 is 2.07 bits per heavy atom. The molecule has 6 aromatic carbocycles. The van der Waals surface area contributed by atoms with Gasteiger partial charge in [0.15, 0.2) is 0 Å². The molecule has 1 aliphatic heterocycles. The van der Waals surface area contributed by atoms with Gasteiger partial charge in [-0.05, 0) is 99.3 Å². The van der Waals surface area contributed by atoms with Crippen molar-refractivity contribution in [2.45, 2.75) is 65.2 Å². The lowest BCUT2D eigenvalue weighted by molar-refractivity contribution is 0.483. The van der Waals surface area contributed by atoms with Crippen molar-refractivity contribution in [3.63, 3.8) is 0 Å². The van der Waals surface area contributed by atoms with Crippen molar-refractivity contribution in [2.24, 2.45) is 0 Å². The largest absolute Gasteiger partial charge is 0.457 e. The molecule has 59 heavy (non-hydrogen) atoms. The van der Waals surface area contributed by atoms with Crippen LogP contribution in [0.2, 0.25) is 0 Å². The van der Waals surface area contributed by atoms with E-state index in [1.165, 1.54) is 33.2 Å². The van der Waals surface area contributed by atoms with Crippen molar-refractivity contribution in [3.05, 3.63) is 193 Å². The molecule has 0 spiro atoms. The number of rotatable bonds is 9. The third-order valence-electron chi connectivity index (χ3n) is 12.0. The first-order valence-corrected chi connectivity index (χ1v) is 20.7. The van der Waals surface area contributed by atoms with Gasteiger partial charge in [-0.2, -0.15) is 0 Å². The van der Waals surface area contributed by atoms with Crippen molar-refractivity contribution < 1.29 is 4.74 Å². The molecule has 294 valence electrons. The van der Waals surface area contributed by atoms with E-state index >= 15 is 0 Å². The summed E-state index contributed by atoms with van der Waals surface area (Å²) in [5.41, 5.74) is 11.7. The highest BCUT2D eigenvalue weighted by atomic mass is 16.5. The molecule has 9 rings (SSSR count). The molecule has 2 aromatic heterocycles. The van der Waals surface area contributed by atoms with E-state index in [0.717, 1.165) is 50.7 Å². The van der Waals surface area contributed by atoms with Crippen LogP contribution in [0.4, 0.5) is 11.4 Å². The van der Waals surface area contributed by atoms with Crippen LogP contribution in [0.1, 0.15) is 76.6 Å². The van der Waals surface area contributed by atoms with Gasteiger partial charge in [0.05, 0.1) is 17.7 Å². The first-order chi connectivity index (χ1) is 28.4. The number of fused-ring (bicyclic) bond motifs is 3. The second-order valence-electron chi connectivity index (χ2n) is 17.7. The number of anilines is 2. The number of hydrogen-bond donors (Lipinski definition) is 0. The zero-order chi connectivity index (χ0) is 40.9. The summed E-state index contributed by atoms with van der Waals surface area (Å²) in [5.74, 6) is 2.81. The maximum atomic E-state index is 6.92. The van der Waals surface area contributed by atoms with Crippen LogP contribution in [0.25, 0.3) is 38.8 Å². The minimum absolute atomic E-state index is 0.00743. The Morgan fingerprint density at radius 1 is 0.559 bits per heavy atom. The quantitative estimate of drug-likeness (QED) is 0.146. The predicted octanol–water partition coefficient (Wildman–Crippen LogP) is 14.1. The van der Waals surface area contributed by atoms with Gasteiger partial charge in [-0.3, -0.25) is 4.57 Å². The lowest BCUT2D eigenvalue weighted by Gasteiger charge is -2.28. The van der Waals surface area contributed by atoms with Gasteiger partial charge in [-0.25, -0.2) is 4.98 Å². The van der Waals surface area contributed by atoms with Crippen molar-refractivity contribution in [3.8, 4) is 28.4 Å². The van der Waals surface area contributed by atoms with E-state index < -0.39 is 0 Å². The summed E-state index contributed by atoms with van der Waals surface area (Å²) in [6, 6.07) is 54.4. The third-order valence-corrected chi connectivity index (χ3v) is 12.0. The maximum Gasteiger partial charge on any atom is 0.137 e. The SMILES string of the molecule is CC(C)c1ccccc1-c1cc(Oc2ccc3c4ccccc4n(-c4cc(C(C)(C)C)ccn4)c3c2)cc(N2C=CN(c3cccc(C(C)(C)c4ccccc4)c3)C2)c1. The fourth-order valence-electron chi connectivity index (χ4n) is 8.48. The van der Waals surface area contributed by atoms with Crippen molar-refractivity contribution in [1.82, 2.24) is 9.55 Å². The Morgan fingerprint density at radius 2 is 1.27 bits per heavy atom. The number of nitrogens with zero attached hydrogens (tertiary/aromatic N) is 4. The minimum Gasteiger partial charge on any atom is -0.457 e. The molecule has 0 bridgehead atoms. The van der Waals surface area contributed by atoms with Crippen molar-refractivity contribution in [1.29, 1.82) is 0 Å². The summed E-state index contributed by atoms with van der Waals surface area (Å²) in [6.45, 7) is 16.5. The molecule has 8 aromatic rings. The zero-order valence-corrected chi connectivity index (χ0v) is 35.1. The Labute approximate surface area is 348 Å². The number of aromatic nitrogens is 2. The number of hydrogen-bond acceptors (Lipinski definition) is 4. The van der Waals surface area contributed by atoms with E-state index in [0.29, 0.717) is 12.6 Å². The molecule has 0 N–H and O–H groups in total. The van der Waals surface area contributed by atoms with Gasteiger partial charge in [0, 0.05) is 58.3 Å². The number of benzene rings is 6. The van der Waals surface area contributed by atoms with Crippen LogP contribution in [0.3, 0.4) is 0 Å². The van der Waals surface area contributed by atoms with Crippen LogP contribution in [-0.2, 0) is 10.8 Å². The highest BCUT2D eigenvalue weighted by Gasteiger charge is 2.25. The summed E-state index contributed by atoms with van der Waals surface area (Å²) >= 11 is 0. The Hall–Kier alpha value is -6.59. The molecule has 0 unspecified atom stereocenters. The fourth-order valence-corrected chi connectivity index (χ4v) is 8.48. The minimum atomic E-state index is -0.130. The summed E-state index contributed by atoms with van der Waals surface area (Å²) in [4.78, 5) is 9.52. The average Bonchev–Trinajstić information content (AvgIpc) is 3.87. The lowest BCUT2D eigenvalue weighted by Crippen LogP contribution is -2.25. The molecule has 5 heteroatoms. The van der Waals surface area contributed by atoms with Crippen molar-refractivity contribution in [2.75, 3.05) is 16.5 Å². The first kappa shape index (κ1) is 38.0. The van der Waals surface area contributed by atoms with E-state index in [-0.39, 0.29) is 10.8 Å². The number of para-hydroxylation sites is 1. The summed E-state index contributed by atoms with van der Waals surface area (Å²) in [7, 11) is 0. The van der Waals surface area contributed by atoms with Gasteiger partial charge in [0.25, 0.3) is 0 Å². The summed E-state index contributed by atoms with van der Waals surface area (Å²) in [5, 5.41) is 2.35. The van der Waals surface area contributed by atoms with Crippen LogP contribution < -0.4 is 14.5 Å². The third kappa shape index (κ3) is 7.27. The standard InChI is InChI=1S/C54H52N4O/c1-37(2)46-20-11-12-21-47(46)38-30-43(57-29-28-56(36-57)42-19-15-18-41(32-42)54(6,7)39-16-9-8-10-17-39)34-45(31-38)59-44-24-25-49-48-22-13-14-23-50(48)58(51(49)35-44)52-33-40(26-27-55-52)53(3,4)5/h8-35,37H,36H2,1-7H3. The van der Waals surface area contributed by atoms with Crippen molar-refractivity contribution >= 4 is 33.2 Å². The second kappa shape index (κ2) is 15.0. The average molecular weight is 773 g/mol. The molecule has 5 nitrogen and oxygen atoms in total. The molecule has 0 saturated heterocycles. The molecule has 0 atom stereocenters. The van der Waals surface area contributed by atoms with Crippen LogP contribution >= 0.6 is 0 Å². The molecule has 0 fully saturated rings. The van der Waals surface area contributed by atoms with Gasteiger partial charge in [-0.15, -0.1) is 0 Å². The normalized spacial score (nSPS) is 13.3. The number of ether oxygens (including phenoxy) is 1. The molecule has 0 aliphatic carbocycles. The molecular weight excluding hydrogens is 721 g/mol. The first-order valence-electron chi connectivity index (χ1n) is 20.7. The molecule has 0 amide bonds. The van der Waals surface area contributed by atoms with E-state index in [2.05, 4.69) is 227 Å². The Balaban J connectivity index is 1.09. The van der Waals surface area contributed by atoms with Crippen LogP contribution in [0.5, 0.6) is 11.5 Å². The lowest BCUT2D eigenvalue weighted by atomic mass is 9.78. The second-order valence-corrected chi connectivity index (χ2v) is 17.7. The van der Waals surface area contributed by atoms with Gasteiger partial charge >= 0.3 is 0 Å². The number of pyridine rings is 1. The summed E-state index contributed by atoms with van der Waals surface area (Å²) in [6.07, 6.45) is 6.28. The van der Waals surface area contributed by atoms with Crippen LogP contribution in [0.15, 0.2) is 170 Å². The maximum absolute atomic E-state index is 6.92. The molecule has 3 heterocycles. The van der Waals surface area contributed by atoms with E-state index in [1.54, 1.807) is 0 Å². The molecular formula is C54H52N4O. The van der Waals surface area contributed by atoms with Gasteiger partial charge in [0.2, 0.25) is 0 Å². The summed E-state index contributed by atoms with van der Waals surface area (Å²) < 4.78 is 9.19. The molecule has 0 radical (unpaired) electrons. The van der Waals surface area contributed by atoms with Crippen LogP contribution in [-0.4, -0.2) is 16.2 Å². The fraction of sp³-hybridized carbons (Fsp3) is 0.204. The monoisotopic (exact) mass is 772 g/mol.